The highest BCUT2D eigenvalue weighted by atomic mass is 19.4. The third-order valence-corrected chi connectivity index (χ3v) is 4.10. The van der Waals surface area contributed by atoms with Crippen molar-refractivity contribution in [2.24, 2.45) is 0 Å². The molecule has 1 atom stereocenters. The number of H-pyrrole nitrogens is 1. The first-order valence-corrected chi connectivity index (χ1v) is 7.71. The van der Waals surface area contributed by atoms with Crippen LogP contribution in [-0.2, 0) is 6.18 Å². The summed E-state index contributed by atoms with van der Waals surface area (Å²) in [5.74, 6) is -0.700. The molecule has 1 aliphatic heterocycles. The number of benzene rings is 1. The van der Waals surface area contributed by atoms with Crippen LogP contribution in [0.25, 0.3) is 0 Å². The number of nitrogens with one attached hydrogen (secondary N) is 3. The van der Waals surface area contributed by atoms with Gasteiger partial charge >= 0.3 is 6.18 Å². The van der Waals surface area contributed by atoms with Crippen LogP contribution in [0.15, 0.2) is 35.1 Å². The van der Waals surface area contributed by atoms with Gasteiger partial charge in [0.15, 0.2) is 0 Å². The van der Waals surface area contributed by atoms with Gasteiger partial charge in [0.25, 0.3) is 11.5 Å². The van der Waals surface area contributed by atoms with Crippen LogP contribution in [0.4, 0.5) is 18.9 Å². The number of hydrogen-bond acceptors (Lipinski definition) is 3. The molecule has 2 heterocycles. The molecule has 3 rings (SSSR count). The Morgan fingerprint density at radius 2 is 2.00 bits per heavy atom. The van der Waals surface area contributed by atoms with E-state index in [2.05, 4.69) is 10.6 Å². The predicted molar refractivity (Wildman–Crippen MR) is 86.6 cm³/mol. The molecule has 3 N–H and O–H groups in total. The Balaban J connectivity index is 1.85. The Morgan fingerprint density at radius 1 is 1.24 bits per heavy atom. The maximum atomic E-state index is 12.6. The van der Waals surface area contributed by atoms with Crippen molar-refractivity contribution in [1.29, 1.82) is 0 Å². The van der Waals surface area contributed by atoms with Crippen LogP contribution >= 0.6 is 0 Å². The second kappa shape index (κ2) is 6.27. The van der Waals surface area contributed by atoms with Gasteiger partial charge in [-0.2, -0.15) is 13.2 Å². The third-order valence-electron chi connectivity index (χ3n) is 4.10. The number of aromatic nitrogens is 1. The number of aryl methyl sites for hydroxylation is 1. The molecule has 1 aromatic carbocycles. The van der Waals surface area contributed by atoms with Crippen LogP contribution in [0.3, 0.4) is 0 Å². The van der Waals surface area contributed by atoms with Crippen molar-refractivity contribution in [2.45, 2.75) is 25.6 Å². The molecule has 0 spiro atoms. The van der Waals surface area contributed by atoms with E-state index in [0.717, 1.165) is 22.9 Å². The van der Waals surface area contributed by atoms with Crippen LogP contribution < -0.4 is 16.2 Å². The quantitative estimate of drug-likeness (QED) is 0.779. The molecule has 1 unspecified atom stereocenters. The number of alkyl halides is 3. The second-order valence-electron chi connectivity index (χ2n) is 5.94. The maximum Gasteiger partial charge on any atom is 0.431 e. The fourth-order valence-electron chi connectivity index (χ4n) is 2.84. The average molecular weight is 351 g/mol. The van der Waals surface area contributed by atoms with E-state index in [1.54, 1.807) is 4.98 Å². The summed E-state index contributed by atoms with van der Waals surface area (Å²) < 4.78 is 37.8. The van der Waals surface area contributed by atoms with Gasteiger partial charge in [-0.25, -0.2) is 0 Å². The van der Waals surface area contributed by atoms with Crippen LogP contribution in [0, 0.1) is 6.92 Å². The van der Waals surface area contributed by atoms with Crippen LogP contribution in [-0.4, -0.2) is 17.4 Å². The van der Waals surface area contributed by atoms with Crippen LogP contribution in [0.2, 0.25) is 0 Å². The van der Waals surface area contributed by atoms with E-state index in [-0.39, 0.29) is 11.6 Å². The first-order chi connectivity index (χ1) is 11.8. The predicted octanol–water partition coefficient (Wildman–Crippen LogP) is 2.99. The summed E-state index contributed by atoms with van der Waals surface area (Å²) in [6.07, 6.45) is -4.06. The minimum Gasteiger partial charge on any atom is -0.385 e. The normalized spacial score (nSPS) is 16.7. The van der Waals surface area contributed by atoms with Crippen LogP contribution in [0.1, 0.15) is 39.6 Å². The standard InChI is InChI=1S/C17H16F3N3O2/c1-9-2-4-12-11(8-9)13(6-7-21-12)22-15(24)10-3-5-14(17(18,19)20)23-16(10)25/h2-5,8,13,21H,6-7H2,1H3,(H,22,24)(H,23,25). The molecule has 132 valence electrons. The number of aromatic amines is 1. The zero-order valence-electron chi connectivity index (χ0n) is 13.3. The third kappa shape index (κ3) is 3.52. The highest BCUT2D eigenvalue weighted by Crippen LogP contribution is 2.31. The summed E-state index contributed by atoms with van der Waals surface area (Å²) >= 11 is 0. The fraction of sp³-hybridized carbons (Fsp3) is 0.294. The van der Waals surface area contributed by atoms with Crippen molar-refractivity contribution < 1.29 is 18.0 Å². The van der Waals surface area contributed by atoms with Crippen molar-refractivity contribution in [1.82, 2.24) is 10.3 Å². The van der Waals surface area contributed by atoms with Crippen molar-refractivity contribution in [3.05, 3.63) is 63.1 Å². The van der Waals surface area contributed by atoms with E-state index < -0.39 is 23.3 Å². The highest BCUT2D eigenvalue weighted by Gasteiger charge is 2.32. The highest BCUT2D eigenvalue weighted by molar-refractivity contribution is 5.94. The van der Waals surface area contributed by atoms with Gasteiger partial charge in [0.2, 0.25) is 0 Å². The number of halogens is 3. The van der Waals surface area contributed by atoms with Gasteiger partial charge in [-0.15, -0.1) is 0 Å². The van der Waals surface area contributed by atoms with Gasteiger partial charge in [-0.1, -0.05) is 17.7 Å². The molecule has 0 fully saturated rings. The van der Waals surface area contributed by atoms with E-state index in [1.165, 1.54) is 0 Å². The summed E-state index contributed by atoms with van der Waals surface area (Å²) in [4.78, 5) is 25.9. The molecule has 0 aliphatic carbocycles. The topological polar surface area (TPSA) is 74.0 Å². The van der Waals surface area contributed by atoms with Gasteiger partial charge in [-0.05, 0) is 37.1 Å². The zero-order chi connectivity index (χ0) is 18.2. The van der Waals surface area contributed by atoms with Gasteiger partial charge < -0.3 is 15.6 Å². The van der Waals surface area contributed by atoms with Gasteiger partial charge in [0.1, 0.15) is 11.3 Å². The first-order valence-electron chi connectivity index (χ1n) is 7.71. The molecule has 0 saturated carbocycles. The fourth-order valence-corrected chi connectivity index (χ4v) is 2.84. The number of anilines is 1. The summed E-state index contributed by atoms with van der Waals surface area (Å²) in [7, 11) is 0. The molecule has 0 radical (unpaired) electrons. The Morgan fingerprint density at radius 3 is 2.68 bits per heavy atom. The van der Waals surface area contributed by atoms with Gasteiger partial charge in [0, 0.05) is 12.2 Å². The van der Waals surface area contributed by atoms with Crippen molar-refractivity contribution in [2.75, 3.05) is 11.9 Å². The minimum atomic E-state index is -4.67. The van der Waals surface area contributed by atoms with Crippen molar-refractivity contribution >= 4 is 11.6 Å². The Kier molecular flexibility index (Phi) is 4.28. The molecule has 1 aliphatic rings. The van der Waals surface area contributed by atoms with E-state index in [1.807, 2.05) is 25.1 Å². The lowest BCUT2D eigenvalue weighted by Gasteiger charge is -2.28. The van der Waals surface area contributed by atoms with E-state index in [4.69, 9.17) is 0 Å². The maximum absolute atomic E-state index is 12.6. The average Bonchev–Trinajstić information content (AvgIpc) is 2.54. The minimum absolute atomic E-state index is 0.314. The number of rotatable bonds is 2. The SMILES string of the molecule is Cc1ccc2c(c1)C(NC(=O)c1ccc(C(F)(F)F)[nH]c1=O)CCN2. The molecule has 0 bridgehead atoms. The Hall–Kier alpha value is -2.77. The largest absolute Gasteiger partial charge is 0.431 e. The number of hydrogen-bond donors (Lipinski definition) is 3. The van der Waals surface area contributed by atoms with E-state index in [0.29, 0.717) is 19.0 Å². The van der Waals surface area contributed by atoms with Gasteiger partial charge in [0.05, 0.1) is 6.04 Å². The number of carbonyl (C=O) groups is 1. The lowest BCUT2D eigenvalue weighted by Crippen LogP contribution is -2.36. The zero-order valence-corrected chi connectivity index (χ0v) is 13.3. The summed E-state index contributed by atoms with van der Waals surface area (Å²) in [6.45, 7) is 2.57. The second-order valence-corrected chi connectivity index (χ2v) is 5.94. The molecule has 8 heteroatoms. The lowest BCUT2D eigenvalue weighted by atomic mass is 9.96. The Labute approximate surface area is 141 Å². The van der Waals surface area contributed by atoms with E-state index in [9.17, 15) is 22.8 Å². The monoisotopic (exact) mass is 351 g/mol. The Bertz CT molecular complexity index is 874. The lowest BCUT2D eigenvalue weighted by molar-refractivity contribution is -0.141. The molecule has 2 aromatic rings. The molecule has 1 aromatic heterocycles. The number of pyridine rings is 1. The molecule has 1 amide bonds. The van der Waals surface area contributed by atoms with Crippen LogP contribution in [0.5, 0.6) is 0 Å². The van der Waals surface area contributed by atoms with Crippen molar-refractivity contribution in [3.63, 3.8) is 0 Å². The summed E-state index contributed by atoms with van der Waals surface area (Å²) in [5, 5.41) is 5.96. The molecule has 5 nitrogen and oxygen atoms in total. The molecular weight excluding hydrogens is 335 g/mol. The van der Waals surface area contributed by atoms with Crippen molar-refractivity contribution in [3.8, 4) is 0 Å². The summed E-state index contributed by atoms with van der Waals surface area (Å²) in [5.41, 5.74) is 0.212. The molecular formula is C17H16F3N3O2. The number of carbonyl (C=O) groups excluding carboxylic acids is 1. The molecule has 25 heavy (non-hydrogen) atoms. The number of fused-ring (bicyclic) bond motifs is 1. The summed E-state index contributed by atoms with van der Waals surface area (Å²) in [6, 6.07) is 7.06. The molecule has 0 saturated heterocycles. The van der Waals surface area contributed by atoms with E-state index >= 15 is 0 Å². The number of amides is 1. The first kappa shape index (κ1) is 17.1. The van der Waals surface area contributed by atoms with Gasteiger partial charge in [-0.3, -0.25) is 9.59 Å². The smallest absolute Gasteiger partial charge is 0.385 e.